The zero-order valence-corrected chi connectivity index (χ0v) is 8.43. The third-order valence-corrected chi connectivity index (χ3v) is 1.64. The van der Waals surface area contributed by atoms with E-state index in [0.29, 0.717) is 19.0 Å². The average molecular weight is 206 g/mol. The molecule has 0 unspecified atom stereocenters. The highest BCUT2D eigenvalue weighted by Gasteiger charge is 2.08. The van der Waals surface area contributed by atoms with Gasteiger partial charge in [-0.05, 0) is 0 Å². The minimum atomic E-state index is 0.107. The molecule has 6 nitrogen and oxygen atoms in total. The van der Waals surface area contributed by atoms with E-state index in [0.717, 1.165) is 0 Å². The summed E-state index contributed by atoms with van der Waals surface area (Å²) in [7, 11) is 0. The van der Waals surface area contributed by atoms with Gasteiger partial charge in [-0.2, -0.15) is 15.0 Å². The van der Waals surface area contributed by atoms with Gasteiger partial charge < -0.3 is 16.4 Å². The maximum Gasteiger partial charge on any atom is 0.232 e. The van der Waals surface area contributed by atoms with Crippen molar-refractivity contribution in [2.75, 3.05) is 29.5 Å². The largest absolute Gasteiger partial charge is 0.368 e. The van der Waals surface area contributed by atoms with E-state index in [1.165, 1.54) is 0 Å². The van der Waals surface area contributed by atoms with Crippen LogP contribution in [0.1, 0.15) is 0 Å². The van der Waals surface area contributed by atoms with Gasteiger partial charge in [0.2, 0.25) is 17.8 Å². The molecule has 0 bridgehead atoms. The second kappa shape index (κ2) is 4.94. The minimum absolute atomic E-state index is 0.107. The Hall–Kier alpha value is -2.11. The number of anilines is 3. The Morgan fingerprint density at radius 3 is 1.87 bits per heavy atom. The molecule has 0 radical (unpaired) electrons. The Kier molecular flexibility index (Phi) is 3.61. The molecule has 0 aromatic carbocycles. The van der Waals surface area contributed by atoms with Gasteiger partial charge in [0.05, 0.1) is 0 Å². The fourth-order valence-electron chi connectivity index (χ4n) is 1.09. The summed E-state index contributed by atoms with van der Waals surface area (Å²) in [5, 5.41) is 0. The molecule has 6 heteroatoms. The average Bonchev–Trinajstić information content (AvgIpc) is 2.16. The van der Waals surface area contributed by atoms with E-state index < -0.39 is 0 Å². The normalized spacial score (nSPS) is 9.60. The van der Waals surface area contributed by atoms with Crippen LogP contribution >= 0.6 is 0 Å². The van der Waals surface area contributed by atoms with Crippen molar-refractivity contribution in [2.45, 2.75) is 0 Å². The third-order valence-electron chi connectivity index (χ3n) is 1.64. The molecule has 0 saturated carbocycles. The number of aromatic nitrogens is 3. The molecular weight excluding hydrogens is 192 g/mol. The molecule has 1 aromatic heterocycles. The van der Waals surface area contributed by atoms with Gasteiger partial charge in [0.1, 0.15) is 0 Å². The summed E-state index contributed by atoms with van der Waals surface area (Å²) < 4.78 is 0. The Labute approximate surface area is 88.3 Å². The maximum atomic E-state index is 5.47. The van der Waals surface area contributed by atoms with E-state index in [2.05, 4.69) is 28.1 Å². The van der Waals surface area contributed by atoms with Gasteiger partial charge >= 0.3 is 0 Å². The minimum Gasteiger partial charge on any atom is -0.368 e. The molecule has 4 N–H and O–H groups in total. The molecular formula is C9H14N6. The quantitative estimate of drug-likeness (QED) is 0.669. The SMILES string of the molecule is C=CCN(CC=C)c1nc(N)nc(N)n1. The van der Waals surface area contributed by atoms with Crippen LogP contribution in [0.15, 0.2) is 25.3 Å². The number of hydrogen-bond acceptors (Lipinski definition) is 6. The number of rotatable bonds is 5. The first kappa shape index (κ1) is 11.0. The van der Waals surface area contributed by atoms with E-state index in [4.69, 9.17) is 11.5 Å². The zero-order chi connectivity index (χ0) is 11.3. The van der Waals surface area contributed by atoms with Gasteiger partial charge in [-0.25, -0.2) is 0 Å². The van der Waals surface area contributed by atoms with Crippen molar-refractivity contribution in [1.29, 1.82) is 0 Å². The lowest BCUT2D eigenvalue weighted by Crippen LogP contribution is -2.26. The van der Waals surface area contributed by atoms with E-state index in [1.807, 2.05) is 4.90 Å². The maximum absolute atomic E-state index is 5.47. The zero-order valence-electron chi connectivity index (χ0n) is 8.43. The van der Waals surface area contributed by atoms with Gasteiger partial charge in [0, 0.05) is 13.1 Å². The highest BCUT2D eigenvalue weighted by atomic mass is 15.3. The van der Waals surface area contributed by atoms with Crippen molar-refractivity contribution >= 4 is 17.8 Å². The monoisotopic (exact) mass is 206 g/mol. The lowest BCUT2D eigenvalue weighted by Gasteiger charge is -2.18. The highest BCUT2D eigenvalue weighted by Crippen LogP contribution is 2.09. The van der Waals surface area contributed by atoms with Crippen molar-refractivity contribution in [2.24, 2.45) is 0 Å². The molecule has 80 valence electrons. The van der Waals surface area contributed by atoms with Crippen LogP contribution in [0, 0.1) is 0 Å². The molecule has 0 saturated heterocycles. The van der Waals surface area contributed by atoms with Gasteiger partial charge in [0.25, 0.3) is 0 Å². The summed E-state index contributed by atoms with van der Waals surface area (Å²) in [6.07, 6.45) is 3.47. The van der Waals surface area contributed by atoms with E-state index in [1.54, 1.807) is 12.2 Å². The Bertz CT molecular complexity index is 331. The Balaban J connectivity index is 2.98. The van der Waals surface area contributed by atoms with Gasteiger partial charge in [-0.1, -0.05) is 12.2 Å². The molecule has 15 heavy (non-hydrogen) atoms. The number of nitrogens with zero attached hydrogens (tertiary/aromatic N) is 4. The fourth-order valence-corrected chi connectivity index (χ4v) is 1.09. The molecule has 1 aromatic rings. The van der Waals surface area contributed by atoms with Crippen LogP contribution < -0.4 is 16.4 Å². The molecule has 0 spiro atoms. The lowest BCUT2D eigenvalue weighted by atomic mass is 10.4. The number of nitrogen functional groups attached to an aromatic ring is 2. The molecule has 0 atom stereocenters. The van der Waals surface area contributed by atoms with Gasteiger partial charge in [0.15, 0.2) is 0 Å². The molecule has 0 aliphatic carbocycles. The van der Waals surface area contributed by atoms with Crippen molar-refractivity contribution < 1.29 is 0 Å². The first-order chi connectivity index (χ1) is 7.17. The standard InChI is InChI=1S/C9H14N6/c1-3-5-15(6-4-2)9-13-7(10)12-8(11)14-9/h3-4H,1-2,5-6H2,(H4,10,11,12,13,14). The van der Waals surface area contributed by atoms with Gasteiger partial charge in [-0.15, -0.1) is 13.2 Å². The molecule has 0 aliphatic heterocycles. The number of hydrogen-bond donors (Lipinski definition) is 2. The first-order valence-electron chi connectivity index (χ1n) is 4.41. The number of nitrogens with two attached hydrogens (primary N) is 2. The van der Waals surface area contributed by atoms with Crippen molar-refractivity contribution in [3.05, 3.63) is 25.3 Å². The summed E-state index contributed by atoms with van der Waals surface area (Å²) in [6.45, 7) is 8.47. The highest BCUT2D eigenvalue weighted by molar-refractivity contribution is 5.40. The van der Waals surface area contributed by atoms with E-state index >= 15 is 0 Å². The van der Waals surface area contributed by atoms with Crippen LogP contribution in [-0.2, 0) is 0 Å². The first-order valence-corrected chi connectivity index (χ1v) is 4.41. The summed E-state index contributed by atoms with van der Waals surface area (Å²) >= 11 is 0. The summed E-state index contributed by atoms with van der Waals surface area (Å²) in [4.78, 5) is 13.5. The van der Waals surface area contributed by atoms with Crippen LogP contribution in [0.3, 0.4) is 0 Å². The Morgan fingerprint density at radius 2 is 1.47 bits per heavy atom. The second-order valence-corrected chi connectivity index (χ2v) is 2.83. The van der Waals surface area contributed by atoms with E-state index in [-0.39, 0.29) is 11.9 Å². The van der Waals surface area contributed by atoms with E-state index in [9.17, 15) is 0 Å². The molecule has 0 fully saturated rings. The topological polar surface area (TPSA) is 94.0 Å². The van der Waals surface area contributed by atoms with Crippen molar-refractivity contribution in [3.63, 3.8) is 0 Å². The predicted octanol–water partition coefficient (Wildman–Crippen LogP) is 0.214. The van der Waals surface area contributed by atoms with Crippen LogP contribution in [0.5, 0.6) is 0 Å². The smallest absolute Gasteiger partial charge is 0.232 e. The van der Waals surface area contributed by atoms with Crippen LogP contribution in [0.4, 0.5) is 17.8 Å². The predicted molar refractivity (Wildman–Crippen MR) is 61.3 cm³/mol. The molecule has 0 aliphatic rings. The summed E-state index contributed by atoms with van der Waals surface area (Å²) in [6, 6.07) is 0. The van der Waals surface area contributed by atoms with Crippen LogP contribution in [0.2, 0.25) is 0 Å². The Morgan fingerprint density at radius 1 is 1.00 bits per heavy atom. The van der Waals surface area contributed by atoms with Crippen molar-refractivity contribution in [3.8, 4) is 0 Å². The van der Waals surface area contributed by atoms with Crippen LogP contribution in [0.25, 0.3) is 0 Å². The lowest BCUT2D eigenvalue weighted by molar-refractivity contribution is 0.881. The van der Waals surface area contributed by atoms with Gasteiger partial charge in [-0.3, -0.25) is 0 Å². The van der Waals surface area contributed by atoms with Crippen molar-refractivity contribution in [1.82, 2.24) is 15.0 Å². The summed E-state index contributed by atoms with van der Waals surface area (Å²) in [5.41, 5.74) is 10.9. The molecule has 0 amide bonds. The molecule has 1 rings (SSSR count). The summed E-state index contributed by atoms with van der Waals surface area (Å²) in [5.74, 6) is 0.644. The molecule has 1 heterocycles. The van der Waals surface area contributed by atoms with Crippen LogP contribution in [-0.4, -0.2) is 28.0 Å². The fraction of sp³-hybridized carbons (Fsp3) is 0.222. The third kappa shape index (κ3) is 2.94. The second-order valence-electron chi connectivity index (χ2n) is 2.83.